The Balaban J connectivity index is 0.619. The van der Waals surface area contributed by atoms with Crippen molar-refractivity contribution in [2.24, 2.45) is 0 Å². The van der Waals surface area contributed by atoms with Crippen LogP contribution in [0, 0.1) is 0 Å². The summed E-state index contributed by atoms with van der Waals surface area (Å²) >= 11 is 0. The number of aromatic nitrogens is 4. The van der Waals surface area contributed by atoms with Crippen LogP contribution >= 0.6 is 0 Å². The van der Waals surface area contributed by atoms with Gasteiger partial charge in [-0.05, 0) is 183 Å². The Morgan fingerprint density at radius 1 is 0.278 bits per heavy atom. The molecule has 0 atom stereocenters. The van der Waals surface area contributed by atoms with E-state index in [4.69, 9.17) is 19.9 Å². The Labute approximate surface area is 564 Å². The summed E-state index contributed by atoms with van der Waals surface area (Å²) in [7, 11) is 0. The van der Waals surface area contributed by atoms with E-state index in [1.54, 1.807) is 0 Å². The minimum absolute atomic E-state index is 0.182. The van der Waals surface area contributed by atoms with Crippen LogP contribution in [0.2, 0.25) is 0 Å². The summed E-state index contributed by atoms with van der Waals surface area (Å²) in [5.74, 6) is 3.42. The van der Waals surface area contributed by atoms with E-state index in [1.165, 1.54) is 100 Å². The molecule has 0 fully saturated rings. The minimum atomic E-state index is -0.276. The zero-order chi connectivity index (χ0) is 64.7. The van der Waals surface area contributed by atoms with E-state index in [-0.39, 0.29) is 16.2 Å². The molecule has 11 aromatic carbocycles. The highest BCUT2D eigenvalue weighted by Gasteiger charge is 2.47. The van der Waals surface area contributed by atoms with Crippen molar-refractivity contribution in [3.05, 3.63) is 346 Å². The van der Waals surface area contributed by atoms with Crippen molar-refractivity contribution in [3.63, 3.8) is 0 Å². The highest BCUT2D eigenvalue weighted by atomic mass is 15.2. The number of anilines is 6. The number of rotatable bonds is 10. The fourth-order valence-electron chi connectivity index (χ4n) is 16.9. The molecular weight excluding hydrogens is 1180 g/mol. The summed E-state index contributed by atoms with van der Waals surface area (Å²) < 4.78 is 0. The van der Waals surface area contributed by atoms with Gasteiger partial charge in [0.15, 0.2) is 0 Å². The van der Waals surface area contributed by atoms with Gasteiger partial charge in [-0.25, -0.2) is 19.9 Å². The Bertz CT molecular complexity index is 5350. The van der Waals surface area contributed by atoms with Gasteiger partial charge in [0.05, 0.1) is 0 Å². The van der Waals surface area contributed by atoms with Crippen molar-refractivity contribution in [2.75, 3.05) is 9.80 Å². The fourth-order valence-corrected chi connectivity index (χ4v) is 16.9. The van der Waals surface area contributed by atoms with Crippen LogP contribution in [0.5, 0.6) is 0 Å². The molecule has 0 aliphatic heterocycles. The van der Waals surface area contributed by atoms with Crippen molar-refractivity contribution in [3.8, 4) is 33.4 Å². The lowest BCUT2D eigenvalue weighted by Crippen LogP contribution is -2.26. The standard InChI is InChI=1S/C91H66N6/c1-89(2)79-49-57(29-35-73(79)75-39-33-67(53-81(75)89)96(85-69-21-11-7-15-61(69)41-45-92-85)86-70-22-12-8-16-62(70)42-46-93-86)25-27-59-31-37-77-78-38-32-60(52-84(78)91(83(77)51-59)55-65-19-5-6-20-66(65)56-91)28-26-58-30-36-74-76-40-34-68(54-82(76)90(3,4)80(74)50-58)97(87-71-23-13-9-17-63(71)43-47-94-87)88-72-24-14-10-18-64(72)44-48-95-88/h5-54H,55-56H2,1-4H3. The Hall–Kier alpha value is -11.9. The Morgan fingerprint density at radius 2 is 0.546 bits per heavy atom. The topological polar surface area (TPSA) is 58.0 Å². The number of hydrogen-bond donors (Lipinski definition) is 0. The molecule has 6 nitrogen and oxygen atoms in total. The van der Waals surface area contributed by atoms with Gasteiger partial charge in [0.25, 0.3) is 0 Å². The molecule has 4 aliphatic rings. The number of fused-ring (bicyclic) bond motifs is 16. The van der Waals surface area contributed by atoms with E-state index in [2.05, 4.69) is 317 Å². The van der Waals surface area contributed by atoms with Crippen molar-refractivity contribution < 1.29 is 0 Å². The highest BCUT2D eigenvalue weighted by Crippen LogP contribution is 2.58. The van der Waals surface area contributed by atoms with Gasteiger partial charge >= 0.3 is 0 Å². The van der Waals surface area contributed by atoms with Gasteiger partial charge in [-0.2, -0.15) is 0 Å². The fraction of sp³-hybridized carbons (Fsp3) is 0.0989. The first-order valence-corrected chi connectivity index (χ1v) is 33.8. The van der Waals surface area contributed by atoms with Crippen LogP contribution in [0.4, 0.5) is 34.6 Å². The molecular formula is C91H66N6. The molecule has 19 rings (SSSR count). The summed E-state index contributed by atoms with van der Waals surface area (Å²) in [5, 5.41) is 8.83. The molecule has 6 heteroatoms. The molecule has 0 N–H and O–H groups in total. The molecule has 0 radical (unpaired) electrons. The molecule has 4 heterocycles. The SMILES string of the molecule is CC1(C)c2cc(C=Cc3ccc4c(c3)C3(Cc5ccccc5C3)c3cc(C=Cc5ccc6c(c5)C(C)(C)c5cc(N(c7nccc8ccccc78)c7nccc8ccccc78)ccc5-6)ccc3-4)ccc2-c2ccc(N(c3nccc4ccccc34)c3nccc4ccccc34)cc21. The summed E-state index contributed by atoms with van der Waals surface area (Å²) in [6.45, 7) is 9.49. The molecule has 0 amide bonds. The first-order valence-electron chi connectivity index (χ1n) is 33.8. The van der Waals surface area contributed by atoms with Gasteiger partial charge in [0.1, 0.15) is 23.3 Å². The van der Waals surface area contributed by atoms with Gasteiger partial charge < -0.3 is 0 Å². The van der Waals surface area contributed by atoms with Crippen molar-refractivity contribution in [2.45, 2.75) is 56.8 Å². The molecule has 0 saturated heterocycles. The predicted octanol–water partition coefficient (Wildman–Crippen LogP) is 22.8. The third-order valence-corrected chi connectivity index (χ3v) is 21.8. The van der Waals surface area contributed by atoms with Crippen LogP contribution in [0.15, 0.2) is 280 Å². The summed E-state index contributed by atoms with van der Waals surface area (Å²) in [4.78, 5) is 24.9. The zero-order valence-corrected chi connectivity index (χ0v) is 54.5. The summed E-state index contributed by atoms with van der Waals surface area (Å²) in [6.07, 6.45) is 18.9. The second kappa shape index (κ2) is 21.6. The first kappa shape index (κ1) is 56.7. The monoisotopic (exact) mass is 1240 g/mol. The number of hydrogen-bond acceptors (Lipinski definition) is 6. The maximum atomic E-state index is 5.09. The lowest BCUT2D eigenvalue weighted by Gasteiger charge is -2.28. The second-order valence-corrected chi connectivity index (χ2v) is 27.9. The van der Waals surface area contributed by atoms with Gasteiger partial charge in [0.2, 0.25) is 0 Å². The van der Waals surface area contributed by atoms with Gasteiger partial charge in [0, 0.05) is 74.0 Å². The summed E-state index contributed by atoms with van der Waals surface area (Å²) in [6, 6.07) is 93.8. The van der Waals surface area contributed by atoms with Crippen LogP contribution in [0.1, 0.15) is 94.5 Å². The average molecular weight is 1240 g/mol. The van der Waals surface area contributed by atoms with E-state index in [0.29, 0.717) is 0 Å². The third-order valence-electron chi connectivity index (χ3n) is 21.8. The molecule has 4 aromatic heterocycles. The molecule has 460 valence electrons. The Morgan fingerprint density at radius 3 is 0.876 bits per heavy atom. The lowest BCUT2D eigenvalue weighted by molar-refractivity contribution is 0.563. The van der Waals surface area contributed by atoms with Crippen LogP contribution in [0.3, 0.4) is 0 Å². The molecule has 4 aliphatic carbocycles. The first-order chi connectivity index (χ1) is 47.5. The maximum absolute atomic E-state index is 5.09. The quantitative estimate of drug-likeness (QED) is 0.127. The van der Waals surface area contributed by atoms with Gasteiger partial charge in [-0.3, -0.25) is 9.80 Å². The molecule has 0 unspecified atom stereocenters. The van der Waals surface area contributed by atoms with E-state index in [9.17, 15) is 0 Å². The smallest absolute Gasteiger partial charge is 0.146 e. The van der Waals surface area contributed by atoms with Crippen LogP contribution in [-0.2, 0) is 29.1 Å². The minimum Gasteiger partial charge on any atom is -0.278 e. The molecule has 0 bridgehead atoms. The van der Waals surface area contributed by atoms with Crippen molar-refractivity contribution >= 4 is 102 Å². The third kappa shape index (κ3) is 8.86. The Kier molecular flexibility index (Phi) is 12.6. The highest BCUT2D eigenvalue weighted by molar-refractivity contribution is 6.05. The lowest BCUT2D eigenvalue weighted by atomic mass is 9.75. The van der Waals surface area contributed by atoms with Crippen LogP contribution in [0.25, 0.3) is 101 Å². The van der Waals surface area contributed by atoms with Crippen molar-refractivity contribution in [1.29, 1.82) is 0 Å². The zero-order valence-electron chi connectivity index (χ0n) is 54.5. The maximum Gasteiger partial charge on any atom is 0.146 e. The molecule has 97 heavy (non-hydrogen) atoms. The average Bonchev–Trinajstić information content (AvgIpc) is 1.56. The van der Waals surface area contributed by atoms with Gasteiger partial charge in [-0.1, -0.05) is 258 Å². The van der Waals surface area contributed by atoms with E-state index in [1.807, 2.05) is 24.8 Å². The van der Waals surface area contributed by atoms with Crippen molar-refractivity contribution in [1.82, 2.24) is 19.9 Å². The number of nitrogens with zero attached hydrogens (tertiary/aromatic N) is 6. The second-order valence-electron chi connectivity index (χ2n) is 27.9. The largest absolute Gasteiger partial charge is 0.278 e. The predicted molar refractivity (Wildman–Crippen MR) is 403 cm³/mol. The molecule has 1 spiro atoms. The number of benzene rings is 11. The number of pyridine rings is 4. The summed E-state index contributed by atoms with van der Waals surface area (Å²) in [5.41, 5.74) is 24.8. The molecule has 15 aromatic rings. The molecule has 0 saturated carbocycles. The van der Waals surface area contributed by atoms with Crippen LogP contribution < -0.4 is 9.80 Å². The van der Waals surface area contributed by atoms with E-state index in [0.717, 1.165) is 90.6 Å². The normalized spacial score (nSPS) is 14.7. The van der Waals surface area contributed by atoms with E-state index < -0.39 is 0 Å². The van der Waals surface area contributed by atoms with E-state index >= 15 is 0 Å². The van der Waals surface area contributed by atoms with Gasteiger partial charge in [-0.15, -0.1) is 0 Å². The van der Waals surface area contributed by atoms with Crippen LogP contribution in [-0.4, -0.2) is 19.9 Å².